The first kappa shape index (κ1) is 21.6. The summed E-state index contributed by atoms with van der Waals surface area (Å²) < 4.78 is 19.2. The number of aliphatic hydroxyl groups is 2. The summed E-state index contributed by atoms with van der Waals surface area (Å²) in [7, 11) is 0. The quantitative estimate of drug-likeness (QED) is 0.575. The molecule has 31 heavy (non-hydrogen) atoms. The van der Waals surface area contributed by atoms with Crippen molar-refractivity contribution in [2.45, 2.75) is 25.0 Å². The summed E-state index contributed by atoms with van der Waals surface area (Å²) in [6.07, 6.45) is 2.03. The molecule has 0 radical (unpaired) electrons. The molecule has 2 aromatic carbocycles. The zero-order chi connectivity index (χ0) is 21.8. The van der Waals surface area contributed by atoms with Crippen molar-refractivity contribution in [1.82, 2.24) is 4.98 Å². The molecule has 0 bridgehead atoms. The van der Waals surface area contributed by atoms with Crippen LogP contribution in [0.25, 0.3) is 0 Å². The van der Waals surface area contributed by atoms with E-state index in [-0.39, 0.29) is 18.5 Å². The Bertz CT molecular complexity index is 1030. The third kappa shape index (κ3) is 4.98. The molecule has 2 atom stereocenters. The predicted molar refractivity (Wildman–Crippen MR) is 118 cm³/mol. The van der Waals surface area contributed by atoms with Crippen molar-refractivity contribution in [2.75, 3.05) is 24.6 Å². The van der Waals surface area contributed by atoms with Crippen LogP contribution in [0.5, 0.6) is 5.88 Å². The largest absolute Gasteiger partial charge is 0.471 e. The Hall–Kier alpha value is -2.67. The van der Waals surface area contributed by atoms with Gasteiger partial charge in [0.15, 0.2) is 0 Å². The molecule has 0 aliphatic carbocycles. The fourth-order valence-electron chi connectivity index (χ4n) is 3.90. The second kappa shape index (κ2) is 9.64. The lowest BCUT2D eigenvalue weighted by Gasteiger charge is -2.24. The molecule has 2 heterocycles. The van der Waals surface area contributed by atoms with Gasteiger partial charge in [-0.05, 0) is 53.4 Å². The number of halogens is 2. The van der Waals surface area contributed by atoms with Crippen LogP contribution in [0, 0.1) is 5.82 Å². The zero-order valence-corrected chi connectivity index (χ0v) is 17.7. The van der Waals surface area contributed by atoms with Crippen LogP contribution in [0.3, 0.4) is 0 Å². The van der Waals surface area contributed by atoms with Gasteiger partial charge in [-0.3, -0.25) is 0 Å². The summed E-state index contributed by atoms with van der Waals surface area (Å²) in [4.78, 5) is 6.40. The molecule has 1 aliphatic rings. The van der Waals surface area contributed by atoms with Crippen LogP contribution in [-0.4, -0.2) is 41.0 Å². The minimum absolute atomic E-state index is 0.000405. The smallest absolute Gasteiger partial charge is 0.232 e. The van der Waals surface area contributed by atoms with Gasteiger partial charge in [-0.2, -0.15) is 0 Å². The number of ether oxygens (including phenoxy) is 1. The van der Waals surface area contributed by atoms with Crippen LogP contribution in [0.1, 0.15) is 29.2 Å². The maximum atomic E-state index is 13.2. The number of hydrogen-bond donors (Lipinski definition) is 2. The first-order valence-electron chi connectivity index (χ1n) is 10.2. The number of aromatic nitrogens is 1. The Labute approximate surface area is 185 Å². The second-order valence-corrected chi connectivity index (χ2v) is 7.99. The van der Waals surface area contributed by atoms with E-state index in [9.17, 15) is 14.6 Å². The summed E-state index contributed by atoms with van der Waals surface area (Å²) in [5.41, 5.74) is 3.26. The SMILES string of the molecule is OCCc1cc(C(O)c2ccc(F)cc2)ccc1N1CCC(Oc2ncccc2Cl)C1. The van der Waals surface area contributed by atoms with Crippen LogP contribution in [0.15, 0.2) is 60.8 Å². The molecular weight excluding hydrogens is 419 g/mol. The van der Waals surface area contributed by atoms with E-state index >= 15 is 0 Å². The van der Waals surface area contributed by atoms with E-state index in [2.05, 4.69) is 9.88 Å². The molecule has 4 rings (SSSR count). The molecule has 7 heteroatoms. The zero-order valence-electron chi connectivity index (χ0n) is 16.9. The van der Waals surface area contributed by atoms with Gasteiger partial charge in [-0.25, -0.2) is 9.37 Å². The summed E-state index contributed by atoms with van der Waals surface area (Å²) in [6, 6.07) is 15.1. The van der Waals surface area contributed by atoms with Crippen LogP contribution in [0.2, 0.25) is 5.02 Å². The minimum atomic E-state index is -0.868. The summed E-state index contributed by atoms with van der Waals surface area (Å²) in [5.74, 6) is 0.0921. The molecule has 1 aromatic heterocycles. The van der Waals surface area contributed by atoms with Gasteiger partial charge in [-0.1, -0.05) is 35.9 Å². The van der Waals surface area contributed by atoms with E-state index in [1.54, 1.807) is 30.5 Å². The van der Waals surface area contributed by atoms with E-state index < -0.39 is 6.10 Å². The highest BCUT2D eigenvalue weighted by atomic mass is 35.5. The Balaban J connectivity index is 1.51. The van der Waals surface area contributed by atoms with Gasteiger partial charge in [0.25, 0.3) is 0 Å². The normalized spacial score (nSPS) is 17.0. The number of pyridine rings is 1. The van der Waals surface area contributed by atoms with Crippen molar-refractivity contribution in [1.29, 1.82) is 0 Å². The Morgan fingerprint density at radius 2 is 1.94 bits per heavy atom. The third-order valence-corrected chi connectivity index (χ3v) is 5.76. The van der Waals surface area contributed by atoms with E-state index in [1.165, 1.54) is 12.1 Å². The van der Waals surface area contributed by atoms with Gasteiger partial charge < -0.3 is 19.8 Å². The summed E-state index contributed by atoms with van der Waals surface area (Å²) >= 11 is 6.16. The highest BCUT2D eigenvalue weighted by molar-refractivity contribution is 6.31. The molecule has 1 fully saturated rings. The predicted octanol–water partition coefficient (Wildman–Crippen LogP) is 4.15. The van der Waals surface area contributed by atoms with Crippen LogP contribution in [0.4, 0.5) is 10.1 Å². The second-order valence-electron chi connectivity index (χ2n) is 7.58. The fraction of sp³-hybridized carbons (Fsp3) is 0.292. The molecule has 162 valence electrons. The van der Waals surface area contributed by atoms with Crippen molar-refractivity contribution in [3.63, 3.8) is 0 Å². The summed E-state index contributed by atoms with van der Waals surface area (Å²) in [5, 5.41) is 20.8. The first-order chi connectivity index (χ1) is 15.0. The lowest BCUT2D eigenvalue weighted by Crippen LogP contribution is -2.26. The summed E-state index contributed by atoms with van der Waals surface area (Å²) in [6.45, 7) is 1.47. The van der Waals surface area contributed by atoms with Crippen molar-refractivity contribution in [2.24, 2.45) is 0 Å². The van der Waals surface area contributed by atoms with Gasteiger partial charge in [0.2, 0.25) is 5.88 Å². The molecule has 3 aromatic rings. The molecule has 2 N–H and O–H groups in total. The van der Waals surface area contributed by atoms with Gasteiger partial charge in [0.1, 0.15) is 23.0 Å². The van der Waals surface area contributed by atoms with Crippen molar-refractivity contribution in [3.05, 3.63) is 88.3 Å². The number of aliphatic hydroxyl groups excluding tert-OH is 2. The van der Waals surface area contributed by atoms with Gasteiger partial charge in [0.05, 0.1) is 6.54 Å². The van der Waals surface area contributed by atoms with Crippen LogP contribution >= 0.6 is 11.6 Å². The lowest BCUT2D eigenvalue weighted by molar-refractivity contribution is 0.216. The van der Waals surface area contributed by atoms with E-state index in [4.69, 9.17) is 16.3 Å². The van der Waals surface area contributed by atoms with E-state index in [0.29, 0.717) is 35.0 Å². The Kier molecular flexibility index (Phi) is 6.70. The van der Waals surface area contributed by atoms with E-state index in [0.717, 1.165) is 24.2 Å². The number of anilines is 1. The minimum Gasteiger partial charge on any atom is -0.471 e. The monoisotopic (exact) mass is 442 g/mol. The van der Waals surface area contributed by atoms with Gasteiger partial charge in [0, 0.05) is 31.5 Å². The number of rotatable bonds is 7. The number of hydrogen-bond acceptors (Lipinski definition) is 5. The standard InChI is InChI=1S/C24H24ClFN2O3/c25-21-2-1-11-27-24(21)31-20-9-12-28(15-20)22-8-5-18(14-17(22)10-13-29)23(30)16-3-6-19(26)7-4-16/h1-8,11,14,20,23,29-30H,9-10,12-13,15H2. The molecule has 0 saturated carbocycles. The highest BCUT2D eigenvalue weighted by Crippen LogP contribution is 2.32. The first-order valence-corrected chi connectivity index (χ1v) is 10.6. The van der Waals surface area contributed by atoms with Crippen LogP contribution < -0.4 is 9.64 Å². The lowest BCUT2D eigenvalue weighted by atomic mass is 9.97. The fourth-order valence-corrected chi connectivity index (χ4v) is 4.07. The third-order valence-electron chi connectivity index (χ3n) is 5.47. The van der Waals surface area contributed by atoms with Gasteiger partial charge >= 0.3 is 0 Å². The maximum Gasteiger partial charge on any atom is 0.232 e. The molecule has 0 amide bonds. The van der Waals surface area contributed by atoms with Crippen LogP contribution in [-0.2, 0) is 6.42 Å². The van der Waals surface area contributed by atoms with E-state index in [1.807, 2.05) is 18.2 Å². The van der Waals surface area contributed by atoms with Crippen molar-refractivity contribution < 1.29 is 19.3 Å². The Morgan fingerprint density at radius 3 is 2.68 bits per heavy atom. The van der Waals surface area contributed by atoms with Crippen molar-refractivity contribution >= 4 is 17.3 Å². The molecular formula is C24H24ClFN2O3. The molecule has 1 saturated heterocycles. The Morgan fingerprint density at radius 1 is 1.16 bits per heavy atom. The van der Waals surface area contributed by atoms with Crippen molar-refractivity contribution in [3.8, 4) is 5.88 Å². The highest BCUT2D eigenvalue weighted by Gasteiger charge is 2.27. The average Bonchev–Trinajstić information content (AvgIpc) is 3.24. The average molecular weight is 443 g/mol. The molecule has 2 unspecified atom stereocenters. The number of nitrogens with zero attached hydrogens (tertiary/aromatic N) is 2. The molecule has 5 nitrogen and oxygen atoms in total. The molecule has 1 aliphatic heterocycles. The van der Waals surface area contributed by atoms with Gasteiger partial charge in [-0.15, -0.1) is 0 Å². The number of benzene rings is 2. The maximum absolute atomic E-state index is 13.2. The topological polar surface area (TPSA) is 65.8 Å². The molecule has 0 spiro atoms.